The fourth-order valence-corrected chi connectivity index (χ4v) is 2.54. The summed E-state index contributed by atoms with van der Waals surface area (Å²) in [4.78, 5) is 18.7. The van der Waals surface area contributed by atoms with Gasteiger partial charge in [0.2, 0.25) is 5.91 Å². The average Bonchev–Trinajstić information content (AvgIpc) is 2.86. The molecule has 0 radical (unpaired) electrons. The molecule has 1 unspecified atom stereocenters. The molecule has 1 saturated heterocycles. The zero-order chi connectivity index (χ0) is 14.0. The summed E-state index contributed by atoms with van der Waals surface area (Å²) in [5.41, 5.74) is 7.32. The quantitative estimate of drug-likeness (QED) is 0.798. The largest absolute Gasteiger partial charge is 0.389 e. The third-order valence-electron chi connectivity index (χ3n) is 3.32. The number of likely N-dealkylation sites (N-methyl/N-ethyl adjacent to an activating group) is 1. The highest BCUT2D eigenvalue weighted by molar-refractivity contribution is 7.80. The minimum Gasteiger partial charge on any atom is -0.389 e. The number of carbonyl (C=O) groups is 1. The Morgan fingerprint density at radius 2 is 2.32 bits per heavy atom. The molecule has 6 heteroatoms. The molecule has 3 N–H and O–H groups in total. The Morgan fingerprint density at radius 3 is 2.95 bits per heavy atom. The number of hydrogen-bond donors (Lipinski definition) is 2. The molecule has 19 heavy (non-hydrogen) atoms. The van der Waals surface area contributed by atoms with Crippen molar-refractivity contribution in [3.05, 3.63) is 23.4 Å². The lowest BCUT2D eigenvalue weighted by atomic mass is 10.2. The van der Waals surface area contributed by atoms with Crippen molar-refractivity contribution in [3.8, 4) is 0 Å². The Morgan fingerprint density at radius 1 is 1.58 bits per heavy atom. The van der Waals surface area contributed by atoms with E-state index in [-0.39, 0.29) is 11.9 Å². The predicted octanol–water partition coefficient (Wildman–Crippen LogP) is 0.739. The molecule has 1 aliphatic heterocycles. The Kier molecular flexibility index (Phi) is 3.99. The summed E-state index contributed by atoms with van der Waals surface area (Å²) in [5.74, 6) is 0.798. The molecule has 1 aromatic rings. The fourth-order valence-electron chi connectivity index (χ4n) is 2.42. The summed E-state index contributed by atoms with van der Waals surface area (Å²) in [6, 6.07) is 3.56. The van der Waals surface area contributed by atoms with E-state index in [1.807, 2.05) is 24.0 Å². The highest BCUT2D eigenvalue weighted by Crippen LogP contribution is 2.25. The van der Waals surface area contributed by atoms with Crippen molar-refractivity contribution in [2.75, 3.05) is 18.5 Å². The maximum atomic E-state index is 11.9. The Bertz CT molecular complexity index is 517. The number of aromatic nitrogens is 1. The third-order valence-corrected chi connectivity index (χ3v) is 3.56. The second kappa shape index (κ2) is 5.52. The molecule has 0 bridgehead atoms. The van der Waals surface area contributed by atoms with E-state index in [9.17, 15) is 4.79 Å². The summed E-state index contributed by atoms with van der Waals surface area (Å²) >= 11 is 5.01. The van der Waals surface area contributed by atoms with Crippen LogP contribution in [0, 0.1) is 6.92 Å². The van der Waals surface area contributed by atoms with E-state index in [1.54, 1.807) is 7.05 Å². The maximum Gasteiger partial charge on any atom is 0.242 e. The van der Waals surface area contributed by atoms with Crippen LogP contribution in [-0.2, 0) is 4.79 Å². The summed E-state index contributed by atoms with van der Waals surface area (Å²) in [6.45, 7) is 2.72. The van der Waals surface area contributed by atoms with Crippen LogP contribution in [0.5, 0.6) is 0 Å². The van der Waals surface area contributed by atoms with Gasteiger partial charge in [0.1, 0.15) is 16.8 Å². The zero-order valence-electron chi connectivity index (χ0n) is 11.1. The molecular weight excluding hydrogens is 260 g/mol. The molecule has 0 spiro atoms. The summed E-state index contributed by atoms with van der Waals surface area (Å²) < 4.78 is 0. The second-order valence-corrected chi connectivity index (χ2v) is 5.13. The molecule has 102 valence electrons. The van der Waals surface area contributed by atoms with Crippen LogP contribution < -0.4 is 16.0 Å². The fraction of sp³-hybridized carbons (Fsp3) is 0.462. The van der Waals surface area contributed by atoms with Gasteiger partial charge in [0, 0.05) is 24.8 Å². The molecule has 1 atom stereocenters. The van der Waals surface area contributed by atoms with Crippen LogP contribution >= 0.6 is 12.2 Å². The van der Waals surface area contributed by atoms with Crippen molar-refractivity contribution < 1.29 is 4.79 Å². The molecule has 1 aliphatic rings. The van der Waals surface area contributed by atoms with E-state index in [1.165, 1.54) is 0 Å². The molecule has 5 nitrogen and oxygen atoms in total. The third kappa shape index (κ3) is 2.84. The van der Waals surface area contributed by atoms with Crippen molar-refractivity contribution in [1.82, 2.24) is 10.3 Å². The highest BCUT2D eigenvalue weighted by Gasteiger charge is 2.31. The standard InChI is InChI=1S/C13H18N4OS/c1-8-6-9(12(14)19)7-11(16-8)17-5-3-4-10(17)13(18)15-2/h6-7,10H,3-5H2,1-2H3,(H2,14,19)(H,15,18). The second-order valence-electron chi connectivity index (χ2n) is 4.69. The molecular formula is C13H18N4OS. The Hall–Kier alpha value is -1.69. The number of thiocarbonyl (C=S) groups is 1. The van der Waals surface area contributed by atoms with Crippen LogP contribution in [0.2, 0.25) is 0 Å². The van der Waals surface area contributed by atoms with Crippen LogP contribution in [0.15, 0.2) is 12.1 Å². The number of carbonyl (C=O) groups excluding carboxylic acids is 1. The topological polar surface area (TPSA) is 71.2 Å². The van der Waals surface area contributed by atoms with Gasteiger partial charge in [-0.05, 0) is 31.9 Å². The number of nitrogens with zero attached hydrogens (tertiary/aromatic N) is 2. The first-order valence-electron chi connectivity index (χ1n) is 6.29. The van der Waals surface area contributed by atoms with Crippen LogP contribution in [0.25, 0.3) is 0 Å². The van der Waals surface area contributed by atoms with Gasteiger partial charge in [-0.25, -0.2) is 4.98 Å². The first-order chi connectivity index (χ1) is 9.02. The van der Waals surface area contributed by atoms with Gasteiger partial charge in [0.15, 0.2) is 0 Å². The van der Waals surface area contributed by atoms with Gasteiger partial charge >= 0.3 is 0 Å². The van der Waals surface area contributed by atoms with Crippen LogP contribution in [0.4, 0.5) is 5.82 Å². The van der Waals surface area contributed by atoms with Crippen molar-refractivity contribution in [1.29, 1.82) is 0 Å². The van der Waals surface area contributed by atoms with Gasteiger partial charge in [0.25, 0.3) is 0 Å². The molecule has 1 fully saturated rings. The van der Waals surface area contributed by atoms with Crippen LogP contribution in [0.3, 0.4) is 0 Å². The zero-order valence-corrected chi connectivity index (χ0v) is 12.0. The monoisotopic (exact) mass is 278 g/mol. The average molecular weight is 278 g/mol. The van der Waals surface area contributed by atoms with E-state index in [2.05, 4.69) is 10.3 Å². The predicted molar refractivity (Wildman–Crippen MR) is 79.3 cm³/mol. The van der Waals surface area contributed by atoms with E-state index >= 15 is 0 Å². The maximum absolute atomic E-state index is 11.9. The van der Waals surface area contributed by atoms with E-state index in [0.29, 0.717) is 4.99 Å². The lowest BCUT2D eigenvalue weighted by Gasteiger charge is -2.25. The smallest absolute Gasteiger partial charge is 0.242 e. The summed E-state index contributed by atoms with van der Waals surface area (Å²) in [5, 5.41) is 2.70. The Balaban J connectivity index is 2.35. The molecule has 1 aromatic heterocycles. The van der Waals surface area contributed by atoms with E-state index in [0.717, 1.165) is 36.5 Å². The Labute approximate surface area is 118 Å². The SMILES string of the molecule is CNC(=O)C1CCCN1c1cc(C(N)=S)cc(C)n1. The summed E-state index contributed by atoms with van der Waals surface area (Å²) in [7, 11) is 1.66. The number of nitrogens with two attached hydrogens (primary N) is 1. The first kappa shape index (κ1) is 13.7. The first-order valence-corrected chi connectivity index (χ1v) is 6.70. The normalized spacial score (nSPS) is 18.4. The molecule has 0 aromatic carbocycles. The minimum atomic E-state index is -0.154. The number of nitrogens with one attached hydrogen (secondary N) is 1. The minimum absolute atomic E-state index is 0.0256. The lowest BCUT2D eigenvalue weighted by Crippen LogP contribution is -2.42. The van der Waals surface area contributed by atoms with Gasteiger partial charge in [0.05, 0.1) is 0 Å². The van der Waals surface area contributed by atoms with Crippen molar-refractivity contribution in [3.63, 3.8) is 0 Å². The number of anilines is 1. The molecule has 0 aliphatic carbocycles. The van der Waals surface area contributed by atoms with Gasteiger partial charge in [-0.15, -0.1) is 0 Å². The van der Waals surface area contributed by atoms with Gasteiger partial charge < -0.3 is 16.0 Å². The van der Waals surface area contributed by atoms with E-state index in [4.69, 9.17) is 18.0 Å². The lowest BCUT2D eigenvalue weighted by molar-refractivity contribution is -0.121. The van der Waals surface area contributed by atoms with Gasteiger partial charge in [-0.1, -0.05) is 12.2 Å². The van der Waals surface area contributed by atoms with Gasteiger partial charge in [-0.2, -0.15) is 0 Å². The molecule has 2 heterocycles. The molecule has 0 saturated carbocycles. The number of pyridine rings is 1. The number of rotatable bonds is 3. The number of amides is 1. The van der Waals surface area contributed by atoms with Crippen molar-refractivity contribution >= 4 is 28.9 Å². The number of aryl methyl sites for hydroxylation is 1. The molecule has 1 amide bonds. The van der Waals surface area contributed by atoms with E-state index < -0.39 is 0 Å². The van der Waals surface area contributed by atoms with Gasteiger partial charge in [-0.3, -0.25) is 4.79 Å². The van der Waals surface area contributed by atoms with Crippen molar-refractivity contribution in [2.45, 2.75) is 25.8 Å². The van der Waals surface area contributed by atoms with Crippen LogP contribution in [-0.4, -0.2) is 35.5 Å². The van der Waals surface area contributed by atoms with Crippen LogP contribution in [0.1, 0.15) is 24.1 Å². The number of hydrogen-bond acceptors (Lipinski definition) is 4. The highest BCUT2D eigenvalue weighted by atomic mass is 32.1. The molecule has 2 rings (SSSR count). The summed E-state index contributed by atoms with van der Waals surface area (Å²) in [6.07, 6.45) is 1.83. The van der Waals surface area contributed by atoms with Crippen molar-refractivity contribution in [2.24, 2.45) is 5.73 Å².